The number of carbonyl (C=O) groups excluding carboxylic acids is 1. The molecule has 1 aliphatic carbocycles. The maximum Gasteiger partial charge on any atom is 0.163 e. The minimum Gasteiger partial charge on any atom is -0.392 e. The Morgan fingerprint density at radius 2 is 2.28 bits per heavy atom. The van der Waals surface area contributed by atoms with Crippen LogP contribution < -0.4 is 0 Å². The first-order valence-electron chi connectivity index (χ1n) is 6.31. The van der Waals surface area contributed by atoms with Crippen LogP contribution >= 0.6 is 11.3 Å². The van der Waals surface area contributed by atoms with Gasteiger partial charge in [-0.1, -0.05) is 6.92 Å². The third-order valence-corrected chi connectivity index (χ3v) is 4.99. The number of hydrogen-bond donors (Lipinski definition) is 1. The van der Waals surface area contributed by atoms with Crippen LogP contribution in [0.1, 0.15) is 52.7 Å². The Bertz CT molecular complexity index is 639. The molecule has 1 N–H and O–H groups in total. The van der Waals surface area contributed by atoms with Gasteiger partial charge in [0.25, 0.3) is 0 Å². The molecule has 0 spiro atoms. The highest BCUT2D eigenvalue weighted by atomic mass is 32.1. The standard InChI is InChI=1S/C15H16O2S/c1-8-3-4-12(17)11-5-13-15(9(2)14(8)11)10(6-16)7-18-13/h5,7-8,16H,3-4,6H2,1-2H3/t8-/m0/s1. The fourth-order valence-electron chi connectivity index (χ4n) is 3.10. The van der Waals surface area contributed by atoms with Crippen molar-refractivity contribution in [2.75, 3.05) is 0 Å². The summed E-state index contributed by atoms with van der Waals surface area (Å²) in [4.78, 5) is 12.1. The Balaban J connectivity index is 2.39. The predicted octanol–water partition coefficient (Wildman–Crippen LogP) is 3.78. The van der Waals surface area contributed by atoms with Gasteiger partial charge >= 0.3 is 0 Å². The number of benzene rings is 1. The van der Waals surface area contributed by atoms with E-state index in [0.29, 0.717) is 12.3 Å². The van der Waals surface area contributed by atoms with Crippen LogP contribution in [0, 0.1) is 6.92 Å². The second-order valence-electron chi connectivity index (χ2n) is 5.12. The quantitative estimate of drug-likeness (QED) is 0.847. The van der Waals surface area contributed by atoms with E-state index in [2.05, 4.69) is 13.8 Å². The van der Waals surface area contributed by atoms with E-state index in [0.717, 1.165) is 27.6 Å². The van der Waals surface area contributed by atoms with Crippen LogP contribution in [0.15, 0.2) is 11.4 Å². The molecule has 94 valence electrons. The molecule has 0 bridgehead atoms. The van der Waals surface area contributed by atoms with Crippen LogP contribution in [0.2, 0.25) is 0 Å². The number of ketones is 1. The molecule has 0 aliphatic heterocycles. The number of rotatable bonds is 1. The topological polar surface area (TPSA) is 37.3 Å². The van der Waals surface area contributed by atoms with Crippen molar-refractivity contribution in [2.45, 2.75) is 39.2 Å². The third kappa shape index (κ3) is 1.54. The zero-order valence-electron chi connectivity index (χ0n) is 10.6. The number of hydrogen-bond acceptors (Lipinski definition) is 3. The van der Waals surface area contributed by atoms with Gasteiger partial charge < -0.3 is 5.11 Å². The van der Waals surface area contributed by atoms with Crippen LogP contribution in [0.25, 0.3) is 10.1 Å². The van der Waals surface area contributed by atoms with Crippen LogP contribution in [-0.2, 0) is 6.61 Å². The lowest BCUT2D eigenvalue weighted by Crippen LogP contribution is -2.15. The summed E-state index contributed by atoms with van der Waals surface area (Å²) in [5.74, 6) is 0.709. The maximum atomic E-state index is 12.1. The van der Waals surface area contributed by atoms with E-state index in [1.807, 2.05) is 11.4 Å². The Hall–Kier alpha value is -1.19. The van der Waals surface area contributed by atoms with Gasteiger partial charge in [0.15, 0.2) is 5.78 Å². The molecular weight excluding hydrogens is 244 g/mol. The van der Waals surface area contributed by atoms with Crippen molar-refractivity contribution in [2.24, 2.45) is 0 Å². The van der Waals surface area contributed by atoms with Crippen molar-refractivity contribution in [3.8, 4) is 0 Å². The SMILES string of the molecule is Cc1c2c(cc3scc(CO)c13)C(=O)CC[C@@H]2C. The Kier molecular flexibility index (Phi) is 2.76. The molecular formula is C15H16O2S. The fourth-order valence-corrected chi connectivity index (χ4v) is 4.15. The molecule has 1 aromatic carbocycles. The minimum atomic E-state index is 0.0714. The summed E-state index contributed by atoms with van der Waals surface area (Å²) < 4.78 is 1.12. The molecule has 18 heavy (non-hydrogen) atoms. The smallest absolute Gasteiger partial charge is 0.163 e. The average molecular weight is 260 g/mol. The molecule has 0 fully saturated rings. The molecule has 2 nitrogen and oxygen atoms in total. The van der Waals surface area contributed by atoms with Crippen LogP contribution in [0.4, 0.5) is 0 Å². The number of carbonyl (C=O) groups is 1. The van der Waals surface area contributed by atoms with Crippen molar-refractivity contribution in [1.82, 2.24) is 0 Å². The molecule has 0 amide bonds. The fraction of sp³-hybridized carbons (Fsp3) is 0.400. The average Bonchev–Trinajstić information content (AvgIpc) is 2.77. The van der Waals surface area contributed by atoms with Crippen LogP contribution in [0.3, 0.4) is 0 Å². The summed E-state index contributed by atoms with van der Waals surface area (Å²) in [6.45, 7) is 4.35. The maximum absolute atomic E-state index is 12.1. The van der Waals surface area contributed by atoms with Crippen molar-refractivity contribution in [3.05, 3.63) is 33.7 Å². The number of thiophene rings is 1. The van der Waals surface area contributed by atoms with Gasteiger partial charge in [0.2, 0.25) is 0 Å². The van der Waals surface area contributed by atoms with Crippen molar-refractivity contribution < 1.29 is 9.90 Å². The first kappa shape index (κ1) is 11.9. The van der Waals surface area contributed by atoms with E-state index in [1.165, 1.54) is 11.1 Å². The lowest BCUT2D eigenvalue weighted by Gasteiger charge is -2.24. The van der Waals surface area contributed by atoms with Crippen molar-refractivity contribution in [3.63, 3.8) is 0 Å². The van der Waals surface area contributed by atoms with Gasteiger partial charge in [0, 0.05) is 22.1 Å². The Morgan fingerprint density at radius 1 is 1.50 bits per heavy atom. The van der Waals surface area contributed by atoms with E-state index in [4.69, 9.17) is 0 Å². The molecule has 2 aromatic rings. The summed E-state index contributed by atoms with van der Waals surface area (Å²) in [7, 11) is 0. The number of aryl methyl sites for hydroxylation is 1. The summed E-state index contributed by atoms with van der Waals surface area (Å²) >= 11 is 1.62. The Morgan fingerprint density at radius 3 is 3.00 bits per heavy atom. The number of aliphatic hydroxyl groups is 1. The predicted molar refractivity (Wildman–Crippen MR) is 74.5 cm³/mol. The first-order valence-corrected chi connectivity index (χ1v) is 7.19. The molecule has 1 atom stereocenters. The first-order chi connectivity index (χ1) is 8.63. The molecule has 3 heteroatoms. The largest absolute Gasteiger partial charge is 0.392 e. The number of fused-ring (bicyclic) bond motifs is 2. The van der Waals surface area contributed by atoms with E-state index in [1.54, 1.807) is 11.3 Å². The zero-order chi connectivity index (χ0) is 12.9. The van der Waals surface area contributed by atoms with E-state index in [-0.39, 0.29) is 12.4 Å². The monoisotopic (exact) mass is 260 g/mol. The van der Waals surface area contributed by atoms with Gasteiger partial charge in [0.1, 0.15) is 0 Å². The number of Topliss-reactive ketones (excluding diaryl/α,β-unsaturated/α-hetero) is 1. The van der Waals surface area contributed by atoms with E-state index < -0.39 is 0 Å². The minimum absolute atomic E-state index is 0.0714. The molecule has 1 aliphatic rings. The van der Waals surface area contributed by atoms with Crippen LogP contribution in [-0.4, -0.2) is 10.9 Å². The van der Waals surface area contributed by atoms with Gasteiger partial charge in [-0.2, -0.15) is 0 Å². The second-order valence-corrected chi connectivity index (χ2v) is 6.03. The summed E-state index contributed by atoms with van der Waals surface area (Å²) in [5.41, 5.74) is 4.28. The van der Waals surface area contributed by atoms with Crippen molar-refractivity contribution in [1.29, 1.82) is 0 Å². The van der Waals surface area contributed by atoms with Gasteiger partial charge in [-0.15, -0.1) is 11.3 Å². The normalized spacial score (nSPS) is 19.3. The molecule has 0 radical (unpaired) electrons. The van der Waals surface area contributed by atoms with Crippen molar-refractivity contribution >= 4 is 27.2 Å². The number of aliphatic hydroxyl groups excluding tert-OH is 1. The molecule has 0 unspecified atom stereocenters. The van der Waals surface area contributed by atoms with Gasteiger partial charge in [-0.05, 0) is 47.4 Å². The van der Waals surface area contributed by atoms with E-state index in [9.17, 15) is 9.90 Å². The lowest BCUT2D eigenvalue weighted by atomic mass is 9.79. The summed E-state index contributed by atoms with van der Waals surface area (Å²) in [6.07, 6.45) is 1.61. The van der Waals surface area contributed by atoms with Crippen LogP contribution in [0.5, 0.6) is 0 Å². The van der Waals surface area contributed by atoms with Gasteiger partial charge in [-0.25, -0.2) is 0 Å². The molecule has 3 rings (SSSR count). The molecule has 0 saturated heterocycles. The summed E-state index contributed by atoms with van der Waals surface area (Å²) in [6, 6.07) is 2.03. The van der Waals surface area contributed by atoms with Gasteiger partial charge in [0.05, 0.1) is 6.61 Å². The second kappa shape index (κ2) is 4.18. The Labute approximate surface area is 110 Å². The summed E-state index contributed by atoms with van der Waals surface area (Å²) in [5, 5.41) is 12.6. The molecule has 0 saturated carbocycles. The van der Waals surface area contributed by atoms with E-state index >= 15 is 0 Å². The highest BCUT2D eigenvalue weighted by molar-refractivity contribution is 7.17. The highest BCUT2D eigenvalue weighted by Crippen LogP contribution is 2.40. The lowest BCUT2D eigenvalue weighted by molar-refractivity contribution is 0.0968. The highest BCUT2D eigenvalue weighted by Gasteiger charge is 2.26. The molecule has 1 aromatic heterocycles. The zero-order valence-corrected chi connectivity index (χ0v) is 11.4. The molecule has 1 heterocycles. The third-order valence-electron chi connectivity index (χ3n) is 4.01. The van der Waals surface area contributed by atoms with Gasteiger partial charge in [-0.3, -0.25) is 4.79 Å².